The van der Waals surface area contributed by atoms with Gasteiger partial charge in [-0.1, -0.05) is 23.2 Å². The van der Waals surface area contributed by atoms with Gasteiger partial charge < -0.3 is 5.11 Å². The summed E-state index contributed by atoms with van der Waals surface area (Å²) >= 11 is 14.3. The number of benzene rings is 1. The highest BCUT2D eigenvalue weighted by atomic mass is 79.9. The number of sulfonamides is 1. The van der Waals surface area contributed by atoms with Gasteiger partial charge in [-0.25, -0.2) is 17.7 Å². The van der Waals surface area contributed by atoms with Gasteiger partial charge in [-0.3, -0.25) is 0 Å². The molecule has 0 spiro atoms. The molecule has 0 saturated carbocycles. The minimum absolute atomic E-state index is 0.0273. The lowest BCUT2D eigenvalue weighted by atomic mass is 10.2. The highest BCUT2D eigenvalue weighted by molar-refractivity contribution is 9.10. The fourth-order valence-corrected chi connectivity index (χ4v) is 4.11. The van der Waals surface area contributed by atoms with Gasteiger partial charge in [0.25, 0.3) is 10.0 Å². The molecule has 25 heavy (non-hydrogen) atoms. The molecule has 1 aromatic heterocycles. The van der Waals surface area contributed by atoms with E-state index in [2.05, 4.69) is 20.9 Å². The zero-order valence-electron chi connectivity index (χ0n) is 11.9. The van der Waals surface area contributed by atoms with Crippen LogP contribution in [-0.4, -0.2) is 25.2 Å². The molecule has 0 aliphatic carbocycles. The van der Waals surface area contributed by atoms with Gasteiger partial charge in [0.1, 0.15) is 11.3 Å². The van der Waals surface area contributed by atoms with Crippen LogP contribution in [0.1, 0.15) is 5.56 Å². The van der Waals surface area contributed by atoms with E-state index in [1.54, 1.807) is 0 Å². The van der Waals surface area contributed by atoms with Gasteiger partial charge in [-0.05, 0) is 40.2 Å². The Kier molecular flexibility index (Phi) is 5.89. The fraction of sp³-hybridized carbons (Fsp3) is 0.154. The molecule has 0 atom stereocenters. The van der Waals surface area contributed by atoms with E-state index in [9.17, 15) is 26.7 Å². The summed E-state index contributed by atoms with van der Waals surface area (Å²) in [4.78, 5) is 3.09. The minimum Gasteiger partial charge on any atom is -0.375 e. The van der Waals surface area contributed by atoms with Crippen LogP contribution in [0, 0.1) is 0 Å². The lowest BCUT2D eigenvalue weighted by molar-refractivity contribution is -0.137. The van der Waals surface area contributed by atoms with Gasteiger partial charge in [0.15, 0.2) is 0 Å². The highest BCUT2D eigenvalue weighted by Crippen LogP contribution is 2.37. The van der Waals surface area contributed by atoms with Crippen LogP contribution < -0.4 is 4.31 Å². The molecule has 2 rings (SSSR count). The Morgan fingerprint density at radius 3 is 2.44 bits per heavy atom. The first-order valence-electron chi connectivity index (χ1n) is 6.30. The van der Waals surface area contributed by atoms with E-state index in [0.29, 0.717) is 10.4 Å². The number of halogens is 6. The fourth-order valence-electron chi connectivity index (χ4n) is 1.88. The van der Waals surface area contributed by atoms with Crippen LogP contribution in [0.25, 0.3) is 0 Å². The summed E-state index contributed by atoms with van der Waals surface area (Å²) in [5.41, 5.74) is -1.45. The normalized spacial score (nSPS) is 12.3. The molecule has 0 aliphatic heterocycles. The van der Waals surface area contributed by atoms with E-state index >= 15 is 0 Å². The third kappa shape index (κ3) is 4.20. The quantitative estimate of drug-likeness (QED) is 0.523. The van der Waals surface area contributed by atoms with Crippen molar-refractivity contribution in [3.8, 4) is 0 Å². The van der Waals surface area contributed by atoms with Crippen molar-refractivity contribution >= 4 is 54.8 Å². The van der Waals surface area contributed by atoms with Crippen LogP contribution in [0.4, 0.5) is 18.9 Å². The van der Waals surface area contributed by atoms with Crippen LogP contribution in [0.5, 0.6) is 0 Å². The van der Waals surface area contributed by atoms with Gasteiger partial charge in [-0.2, -0.15) is 13.2 Å². The lowest BCUT2D eigenvalue weighted by Gasteiger charge is -2.23. The Labute approximate surface area is 159 Å². The topological polar surface area (TPSA) is 70.5 Å². The van der Waals surface area contributed by atoms with Crippen molar-refractivity contribution in [1.29, 1.82) is 0 Å². The summed E-state index contributed by atoms with van der Waals surface area (Å²) in [6.45, 7) is -1.05. The molecule has 5 nitrogen and oxygen atoms in total. The molecule has 0 radical (unpaired) electrons. The number of hydrogen-bond acceptors (Lipinski definition) is 4. The molecule has 0 fully saturated rings. The number of rotatable bonds is 4. The summed E-state index contributed by atoms with van der Waals surface area (Å²) in [7, 11) is -4.55. The predicted molar refractivity (Wildman–Crippen MR) is 90.2 cm³/mol. The molecule has 1 aromatic carbocycles. The molecule has 0 bridgehead atoms. The summed E-state index contributed by atoms with van der Waals surface area (Å²) in [5, 5.41) is 8.90. The van der Waals surface area contributed by atoms with Crippen molar-refractivity contribution in [2.45, 2.75) is 11.1 Å². The Bertz CT molecular complexity index is 910. The van der Waals surface area contributed by atoms with Crippen LogP contribution in [0.15, 0.2) is 40.0 Å². The number of aliphatic hydroxyl groups is 1. The number of hydrogen-bond donors (Lipinski definition) is 1. The van der Waals surface area contributed by atoms with Gasteiger partial charge in [0.05, 0.1) is 26.2 Å². The molecule has 0 unspecified atom stereocenters. The molecule has 1 heterocycles. The summed E-state index contributed by atoms with van der Waals surface area (Å²) in [6.07, 6.45) is -3.62. The molecular formula is C13H8BrCl2F3N2O3S. The van der Waals surface area contributed by atoms with Crippen molar-refractivity contribution in [3.63, 3.8) is 0 Å². The van der Waals surface area contributed by atoms with Crippen LogP contribution in [0.3, 0.4) is 0 Å². The van der Waals surface area contributed by atoms with Gasteiger partial charge in [0.2, 0.25) is 0 Å². The zero-order chi connectivity index (χ0) is 19.0. The second-order valence-corrected chi connectivity index (χ2v) is 8.05. The second-order valence-electron chi connectivity index (χ2n) is 4.60. The zero-order valence-corrected chi connectivity index (χ0v) is 15.8. The average molecular weight is 480 g/mol. The molecular weight excluding hydrogens is 472 g/mol. The molecule has 136 valence electrons. The SMILES string of the molecule is O=S(=O)(c1ccc(Cl)c(C(F)(F)F)c1)N(CO)c1cc(Cl)cnc1Br. The Hall–Kier alpha value is -1.07. The Balaban J connectivity index is 2.62. The molecule has 12 heteroatoms. The van der Waals surface area contributed by atoms with E-state index in [0.717, 1.165) is 12.1 Å². The van der Waals surface area contributed by atoms with Crippen molar-refractivity contribution < 1.29 is 26.7 Å². The maximum Gasteiger partial charge on any atom is 0.417 e. The van der Waals surface area contributed by atoms with E-state index in [1.807, 2.05) is 0 Å². The monoisotopic (exact) mass is 478 g/mol. The summed E-state index contributed by atoms with van der Waals surface area (Å²) in [5.74, 6) is 0. The summed E-state index contributed by atoms with van der Waals surface area (Å²) in [6, 6.07) is 3.30. The van der Waals surface area contributed by atoms with Gasteiger partial charge >= 0.3 is 6.18 Å². The third-order valence-electron chi connectivity index (χ3n) is 3.02. The van der Waals surface area contributed by atoms with Crippen molar-refractivity contribution in [2.24, 2.45) is 0 Å². The van der Waals surface area contributed by atoms with Crippen molar-refractivity contribution in [2.75, 3.05) is 11.0 Å². The number of nitrogens with zero attached hydrogens (tertiary/aromatic N) is 2. The van der Waals surface area contributed by atoms with E-state index in [-0.39, 0.29) is 15.3 Å². The third-order valence-corrected chi connectivity index (χ3v) is 5.90. The molecule has 1 N–H and O–H groups in total. The number of alkyl halides is 3. The van der Waals surface area contributed by atoms with E-state index in [1.165, 1.54) is 12.3 Å². The Morgan fingerprint density at radius 2 is 1.88 bits per heavy atom. The van der Waals surface area contributed by atoms with Crippen molar-refractivity contribution in [3.05, 3.63) is 50.7 Å². The molecule has 0 saturated heterocycles. The van der Waals surface area contributed by atoms with Gasteiger partial charge in [-0.15, -0.1) is 0 Å². The minimum atomic E-state index is -4.84. The largest absolute Gasteiger partial charge is 0.417 e. The Morgan fingerprint density at radius 1 is 1.24 bits per heavy atom. The first-order chi connectivity index (χ1) is 11.5. The van der Waals surface area contributed by atoms with E-state index in [4.69, 9.17) is 23.2 Å². The van der Waals surface area contributed by atoms with Crippen molar-refractivity contribution in [1.82, 2.24) is 4.98 Å². The maximum atomic E-state index is 13.0. The summed E-state index contributed by atoms with van der Waals surface area (Å²) < 4.78 is 64.7. The number of pyridine rings is 1. The molecule has 2 aromatic rings. The predicted octanol–water partition coefficient (Wildman–Crippen LogP) is 4.31. The molecule has 0 amide bonds. The molecule has 0 aliphatic rings. The maximum absolute atomic E-state index is 13.0. The smallest absolute Gasteiger partial charge is 0.375 e. The number of aromatic nitrogens is 1. The lowest BCUT2D eigenvalue weighted by Crippen LogP contribution is -2.32. The first kappa shape index (κ1) is 20.2. The number of anilines is 1. The first-order valence-corrected chi connectivity index (χ1v) is 9.28. The van der Waals surface area contributed by atoms with E-state index < -0.39 is 38.4 Å². The number of aliphatic hydroxyl groups excluding tert-OH is 1. The average Bonchev–Trinajstić information content (AvgIpc) is 2.50. The van der Waals surface area contributed by atoms with Gasteiger partial charge in [0, 0.05) is 6.20 Å². The highest BCUT2D eigenvalue weighted by Gasteiger charge is 2.36. The van der Waals surface area contributed by atoms with Crippen LogP contribution in [0.2, 0.25) is 10.0 Å². The second kappa shape index (κ2) is 7.28. The van der Waals surface area contributed by atoms with Crippen LogP contribution in [-0.2, 0) is 16.2 Å². The standard InChI is InChI=1S/C13H8BrCl2F3N2O3S/c14-12-11(3-7(15)5-20-12)21(6-22)25(23,24)8-1-2-10(16)9(4-8)13(17,18)19/h1-5,22H,6H2. The van der Waals surface area contributed by atoms with Crippen LogP contribution >= 0.6 is 39.1 Å².